The minimum Gasteiger partial charge on any atom is -0.435 e. The molecule has 0 aromatic heterocycles. The highest BCUT2D eigenvalue weighted by atomic mass is 19.3. The first kappa shape index (κ1) is 16.8. The van der Waals surface area contributed by atoms with E-state index in [-0.39, 0.29) is 11.8 Å². The lowest BCUT2D eigenvalue weighted by atomic mass is 9.95. The van der Waals surface area contributed by atoms with Gasteiger partial charge in [-0.3, -0.25) is 5.43 Å². The summed E-state index contributed by atoms with van der Waals surface area (Å²) in [7, 11) is 0. The molecule has 4 nitrogen and oxygen atoms in total. The number of ether oxygens (including phenoxy) is 1. The van der Waals surface area contributed by atoms with Gasteiger partial charge >= 0.3 is 6.61 Å². The minimum absolute atomic E-state index is 0.182. The zero-order valence-electron chi connectivity index (χ0n) is 13.2. The molecule has 1 aliphatic heterocycles. The van der Waals surface area contributed by atoms with E-state index in [1.165, 1.54) is 5.56 Å². The number of hydrazine groups is 1. The van der Waals surface area contributed by atoms with E-state index in [0.29, 0.717) is 12.5 Å². The lowest BCUT2D eigenvalue weighted by Crippen LogP contribution is -2.28. The molecule has 0 bridgehead atoms. The fourth-order valence-corrected chi connectivity index (χ4v) is 2.93. The highest BCUT2D eigenvalue weighted by Gasteiger charge is 2.27. The van der Waals surface area contributed by atoms with Gasteiger partial charge < -0.3 is 10.1 Å². The second-order valence-corrected chi connectivity index (χ2v) is 5.83. The summed E-state index contributed by atoms with van der Waals surface area (Å²) in [5.74, 6) is 0.621. The van der Waals surface area contributed by atoms with E-state index in [0.717, 1.165) is 18.7 Å². The van der Waals surface area contributed by atoms with Crippen molar-refractivity contribution in [2.45, 2.75) is 19.2 Å². The third-order valence-corrected chi connectivity index (χ3v) is 4.14. The van der Waals surface area contributed by atoms with E-state index in [2.05, 4.69) is 33.0 Å². The van der Waals surface area contributed by atoms with Crippen LogP contribution in [-0.2, 0) is 6.54 Å². The Bertz CT molecular complexity index is 622. The topological polar surface area (TPSA) is 45.3 Å². The van der Waals surface area contributed by atoms with Crippen molar-refractivity contribution in [3.05, 3.63) is 65.7 Å². The van der Waals surface area contributed by atoms with Gasteiger partial charge in [-0.25, -0.2) is 5.43 Å². The molecule has 1 heterocycles. The molecule has 2 unspecified atom stereocenters. The molecule has 6 heteroatoms. The summed E-state index contributed by atoms with van der Waals surface area (Å²) in [6.07, 6.45) is 0. The zero-order valence-corrected chi connectivity index (χ0v) is 13.2. The first-order valence-electron chi connectivity index (χ1n) is 8.00. The number of hydrogen-bond acceptors (Lipinski definition) is 4. The van der Waals surface area contributed by atoms with Crippen molar-refractivity contribution in [3.8, 4) is 5.75 Å². The van der Waals surface area contributed by atoms with E-state index < -0.39 is 6.61 Å². The number of alkyl halides is 2. The smallest absolute Gasteiger partial charge is 0.387 e. The van der Waals surface area contributed by atoms with Crippen molar-refractivity contribution in [1.82, 2.24) is 16.2 Å². The summed E-state index contributed by atoms with van der Waals surface area (Å²) >= 11 is 0. The molecule has 24 heavy (non-hydrogen) atoms. The predicted molar refractivity (Wildman–Crippen MR) is 88.6 cm³/mol. The Kier molecular flexibility index (Phi) is 5.74. The lowest BCUT2D eigenvalue weighted by molar-refractivity contribution is -0.0498. The molecular weight excluding hydrogens is 312 g/mol. The minimum atomic E-state index is -2.79. The quantitative estimate of drug-likeness (QED) is 0.729. The van der Waals surface area contributed by atoms with Gasteiger partial charge in [0.05, 0.1) is 6.04 Å². The summed E-state index contributed by atoms with van der Waals surface area (Å²) in [5.41, 5.74) is 8.84. The zero-order chi connectivity index (χ0) is 16.8. The van der Waals surface area contributed by atoms with Crippen LogP contribution in [0, 0.1) is 5.92 Å². The summed E-state index contributed by atoms with van der Waals surface area (Å²) in [5, 5.41) is 3.43. The molecule has 128 valence electrons. The van der Waals surface area contributed by atoms with E-state index in [1.807, 2.05) is 18.2 Å². The van der Waals surface area contributed by atoms with Crippen LogP contribution >= 0.6 is 0 Å². The van der Waals surface area contributed by atoms with Crippen LogP contribution < -0.4 is 20.9 Å². The summed E-state index contributed by atoms with van der Waals surface area (Å²) in [6.45, 7) is -0.346. The molecule has 0 saturated carbocycles. The van der Waals surface area contributed by atoms with Crippen molar-refractivity contribution < 1.29 is 13.5 Å². The molecule has 2 atom stereocenters. The van der Waals surface area contributed by atoms with Gasteiger partial charge in [-0.1, -0.05) is 42.5 Å². The average Bonchev–Trinajstić information content (AvgIpc) is 3.05. The standard InChI is InChI=1S/C18H21F2N3O/c19-18(20)24-16-8-6-13(7-9-16)10-21-11-15-12-22-23-17(15)14-4-2-1-3-5-14/h1-9,15,17-18,21-23H,10-12H2. The van der Waals surface area contributed by atoms with Gasteiger partial charge in [-0.2, -0.15) is 8.78 Å². The summed E-state index contributed by atoms with van der Waals surface area (Å²) in [6, 6.07) is 17.4. The van der Waals surface area contributed by atoms with Crippen LogP contribution in [0.15, 0.2) is 54.6 Å². The van der Waals surface area contributed by atoms with Gasteiger partial charge in [0.15, 0.2) is 0 Å². The molecular formula is C18H21F2N3O. The number of hydrogen-bond donors (Lipinski definition) is 3. The summed E-state index contributed by atoms with van der Waals surface area (Å²) in [4.78, 5) is 0. The van der Waals surface area contributed by atoms with E-state index in [9.17, 15) is 8.78 Å². The first-order valence-corrected chi connectivity index (χ1v) is 8.00. The molecule has 0 aliphatic carbocycles. The monoisotopic (exact) mass is 333 g/mol. The molecule has 2 aromatic carbocycles. The Balaban J connectivity index is 1.49. The van der Waals surface area contributed by atoms with E-state index in [4.69, 9.17) is 0 Å². The predicted octanol–water partition coefficient (Wildman–Crippen LogP) is 2.84. The average molecular weight is 333 g/mol. The number of benzene rings is 2. The molecule has 2 aromatic rings. The summed E-state index contributed by atoms with van der Waals surface area (Å²) < 4.78 is 28.6. The maximum absolute atomic E-state index is 12.1. The Hall–Kier alpha value is -2.02. The molecule has 0 radical (unpaired) electrons. The van der Waals surface area contributed by atoms with Crippen molar-refractivity contribution in [3.63, 3.8) is 0 Å². The molecule has 0 spiro atoms. The van der Waals surface area contributed by atoms with Crippen LogP contribution in [-0.4, -0.2) is 19.7 Å². The Morgan fingerprint density at radius 3 is 2.54 bits per heavy atom. The van der Waals surface area contributed by atoms with Gasteiger partial charge in [0.25, 0.3) is 0 Å². The van der Waals surface area contributed by atoms with Crippen molar-refractivity contribution in [2.24, 2.45) is 5.92 Å². The molecule has 3 rings (SSSR count). The Morgan fingerprint density at radius 2 is 1.83 bits per heavy atom. The van der Waals surface area contributed by atoms with Gasteiger partial charge in [0.2, 0.25) is 0 Å². The van der Waals surface area contributed by atoms with Gasteiger partial charge in [0.1, 0.15) is 5.75 Å². The number of nitrogens with one attached hydrogen (secondary N) is 3. The Morgan fingerprint density at radius 1 is 1.08 bits per heavy atom. The lowest BCUT2D eigenvalue weighted by Gasteiger charge is -2.19. The number of halogens is 2. The van der Waals surface area contributed by atoms with E-state index >= 15 is 0 Å². The highest BCUT2D eigenvalue weighted by molar-refractivity contribution is 5.27. The van der Waals surface area contributed by atoms with Crippen LogP contribution in [0.2, 0.25) is 0 Å². The van der Waals surface area contributed by atoms with Crippen LogP contribution in [0.3, 0.4) is 0 Å². The second kappa shape index (κ2) is 8.19. The van der Waals surface area contributed by atoms with Gasteiger partial charge in [0, 0.05) is 25.6 Å². The third kappa shape index (κ3) is 4.50. The third-order valence-electron chi connectivity index (χ3n) is 4.14. The van der Waals surface area contributed by atoms with Crippen LogP contribution in [0.4, 0.5) is 8.78 Å². The normalized spacial score (nSPS) is 20.5. The maximum Gasteiger partial charge on any atom is 0.387 e. The second-order valence-electron chi connectivity index (χ2n) is 5.83. The van der Waals surface area contributed by atoms with Crippen LogP contribution in [0.25, 0.3) is 0 Å². The Labute approximate surface area is 140 Å². The fourth-order valence-electron chi connectivity index (χ4n) is 2.93. The molecule has 1 aliphatic rings. The largest absolute Gasteiger partial charge is 0.435 e. The van der Waals surface area contributed by atoms with Crippen molar-refractivity contribution in [1.29, 1.82) is 0 Å². The maximum atomic E-state index is 12.1. The molecule has 3 N–H and O–H groups in total. The van der Waals surface area contributed by atoms with Crippen molar-refractivity contribution in [2.75, 3.05) is 13.1 Å². The SMILES string of the molecule is FC(F)Oc1ccc(CNCC2CNNC2c2ccccc2)cc1. The van der Waals surface area contributed by atoms with Crippen LogP contribution in [0.1, 0.15) is 17.2 Å². The molecule has 1 fully saturated rings. The van der Waals surface area contributed by atoms with Crippen molar-refractivity contribution >= 4 is 0 Å². The first-order chi connectivity index (χ1) is 11.7. The van der Waals surface area contributed by atoms with E-state index in [1.54, 1.807) is 24.3 Å². The van der Waals surface area contributed by atoms with Gasteiger partial charge in [-0.05, 0) is 23.3 Å². The van der Waals surface area contributed by atoms with Crippen LogP contribution in [0.5, 0.6) is 5.75 Å². The number of rotatable bonds is 7. The molecule has 0 amide bonds. The van der Waals surface area contributed by atoms with Gasteiger partial charge in [-0.15, -0.1) is 0 Å². The fraction of sp³-hybridized carbons (Fsp3) is 0.333. The highest BCUT2D eigenvalue weighted by Crippen LogP contribution is 2.24. The molecule has 1 saturated heterocycles.